The Bertz CT molecular complexity index is 923. The normalized spacial score (nSPS) is 14.1. The van der Waals surface area contributed by atoms with Crippen molar-refractivity contribution >= 4 is 11.6 Å². The van der Waals surface area contributed by atoms with Gasteiger partial charge in [0.1, 0.15) is 23.3 Å². The molecule has 1 aliphatic carbocycles. The Kier molecular flexibility index (Phi) is 4.43. The molecule has 0 radical (unpaired) electrons. The van der Waals surface area contributed by atoms with Crippen LogP contribution >= 0.6 is 0 Å². The van der Waals surface area contributed by atoms with Crippen LogP contribution in [0.5, 0.6) is 5.75 Å². The van der Waals surface area contributed by atoms with Crippen LogP contribution in [0.1, 0.15) is 31.4 Å². The lowest BCUT2D eigenvalue weighted by Crippen LogP contribution is -2.11. The Morgan fingerprint density at radius 1 is 1.15 bits per heavy atom. The fraction of sp³-hybridized carbons (Fsp3) is 0.278. The summed E-state index contributed by atoms with van der Waals surface area (Å²) in [6, 6.07) is 7.57. The van der Waals surface area contributed by atoms with E-state index in [1.165, 1.54) is 25.2 Å². The summed E-state index contributed by atoms with van der Waals surface area (Å²) in [7, 11) is 0. The monoisotopic (exact) mass is 347 g/mol. The van der Waals surface area contributed by atoms with Crippen molar-refractivity contribution in [2.24, 2.45) is 0 Å². The highest BCUT2D eigenvalue weighted by Gasteiger charge is 2.19. The molecular formula is C18H17N7O. The zero-order valence-electron chi connectivity index (χ0n) is 14.0. The molecule has 3 aromatic rings. The molecule has 0 unspecified atom stereocenters. The lowest BCUT2D eigenvalue weighted by molar-refractivity contribution is 0.210. The van der Waals surface area contributed by atoms with E-state index >= 15 is 0 Å². The van der Waals surface area contributed by atoms with Crippen LogP contribution < -0.4 is 10.1 Å². The van der Waals surface area contributed by atoms with Gasteiger partial charge in [0, 0.05) is 12.3 Å². The first-order chi connectivity index (χ1) is 12.8. The highest BCUT2D eigenvalue weighted by molar-refractivity contribution is 5.66. The predicted octanol–water partition coefficient (Wildman–Crippen LogP) is 3.20. The van der Waals surface area contributed by atoms with Crippen molar-refractivity contribution in [3.63, 3.8) is 0 Å². The first-order valence-corrected chi connectivity index (χ1v) is 8.48. The van der Waals surface area contributed by atoms with Crippen molar-refractivity contribution in [2.45, 2.75) is 31.8 Å². The van der Waals surface area contributed by atoms with Crippen LogP contribution in [-0.4, -0.2) is 31.3 Å². The van der Waals surface area contributed by atoms with Gasteiger partial charge in [0.2, 0.25) is 0 Å². The second kappa shape index (κ2) is 7.19. The van der Waals surface area contributed by atoms with Crippen molar-refractivity contribution in [1.29, 1.82) is 5.26 Å². The average molecular weight is 347 g/mol. The average Bonchev–Trinajstić information content (AvgIpc) is 3.35. The molecule has 4 rings (SSSR count). The number of nitrogens with one attached hydrogen (secondary N) is 2. The van der Waals surface area contributed by atoms with Crippen LogP contribution in [0.25, 0.3) is 11.4 Å². The minimum absolute atomic E-state index is 0.257. The summed E-state index contributed by atoms with van der Waals surface area (Å²) in [4.78, 5) is 12.5. The molecule has 1 saturated carbocycles. The van der Waals surface area contributed by atoms with E-state index in [0.717, 1.165) is 30.0 Å². The molecule has 1 fully saturated rings. The largest absolute Gasteiger partial charge is 0.488 e. The molecule has 0 amide bonds. The standard InChI is InChI=1S/C18H17N7O/c19-9-12-10-22-17(11-21-12)23-16-8-14(24-25-16)18-15(6-3-7-20-18)26-13-4-1-2-5-13/h3,6-8,10-11,13H,1-2,4-5H2,(H2,22,23,24,25). The maximum atomic E-state index is 8.77. The molecule has 8 nitrogen and oxygen atoms in total. The van der Waals surface area contributed by atoms with E-state index in [4.69, 9.17) is 10.00 Å². The Balaban J connectivity index is 1.53. The first kappa shape index (κ1) is 16.0. The van der Waals surface area contributed by atoms with Gasteiger partial charge in [-0.25, -0.2) is 9.97 Å². The molecule has 8 heteroatoms. The molecular weight excluding hydrogens is 330 g/mol. The van der Waals surface area contributed by atoms with Gasteiger partial charge in [-0.3, -0.25) is 10.1 Å². The van der Waals surface area contributed by atoms with Gasteiger partial charge >= 0.3 is 0 Å². The number of nitrogens with zero attached hydrogens (tertiary/aromatic N) is 5. The van der Waals surface area contributed by atoms with Crippen molar-refractivity contribution in [3.8, 4) is 23.2 Å². The van der Waals surface area contributed by atoms with Gasteiger partial charge in [-0.05, 0) is 37.8 Å². The maximum Gasteiger partial charge on any atom is 0.158 e. The minimum atomic E-state index is 0.257. The Labute approximate surface area is 150 Å². The second-order valence-corrected chi connectivity index (χ2v) is 6.07. The molecule has 0 aliphatic heterocycles. The van der Waals surface area contributed by atoms with Gasteiger partial charge in [-0.15, -0.1) is 0 Å². The number of nitriles is 1. The third-order valence-corrected chi connectivity index (χ3v) is 4.22. The quantitative estimate of drug-likeness (QED) is 0.728. The lowest BCUT2D eigenvalue weighted by Gasteiger charge is -2.14. The predicted molar refractivity (Wildman–Crippen MR) is 94.7 cm³/mol. The summed E-state index contributed by atoms with van der Waals surface area (Å²) in [6.07, 6.45) is 9.48. The van der Waals surface area contributed by atoms with Crippen molar-refractivity contribution in [2.75, 3.05) is 5.32 Å². The number of aromatic nitrogens is 5. The van der Waals surface area contributed by atoms with Crippen LogP contribution in [0, 0.1) is 11.3 Å². The number of H-pyrrole nitrogens is 1. The zero-order chi connectivity index (χ0) is 17.8. The Morgan fingerprint density at radius 3 is 2.81 bits per heavy atom. The molecule has 3 heterocycles. The van der Waals surface area contributed by atoms with Crippen molar-refractivity contribution in [3.05, 3.63) is 42.5 Å². The van der Waals surface area contributed by atoms with Crippen LogP contribution in [0.3, 0.4) is 0 Å². The fourth-order valence-corrected chi connectivity index (χ4v) is 2.96. The van der Waals surface area contributed by atoms with Gasteiger partial charge in [0.25, 0.3) is 0 Å². The smallest absolute Gasteiger partial charge is 0.158 e. The van der Waals surface area contributed by atoms with Crippen LogP contribution in [-0.2, 0) is 0 Å². The maximum absolute atomic E-state index is 8.77. The Hall–Kier alpha value is -3.47. The SMILES string of the molecule is N#Cc1cnc(Nc2cc(-c3ncccc3OC3CCCC3)[nH]n2)cn1. The second-order valence-electron chi connectivity index (χ2n) is 6.07. The minimum Gasteiger partial charge on any atom is -0.488 e. The molecule has 26 heavy (non-hydrogen) atoms. The zero-order valence-corrected chi connectivity index (χ0v) is 14.0. The van der Waals surface area contributed by atoms with Crippen LogP contribution in [0.4, 0.5) is 11.6 Å². The molecule has 1 aliphatic rings. The van der Waals surface area contributed by atoms with Gasteiger partial charge < -0.3 is 10.1 Å². The molecule has 0 saturated heterocycles. The van der Waals surface area contributed by atoms with E-state index in [1.807, 2.05) is 24.3 Å². The number of anilines is 2. The molecule has 0 atom stereocenters. The fourth-order valence-electron chi connectivity index (χ4n) is 2.96. The van der Waals surface area contributed by atoms with E-state index in [0.29, 0.717) is 11.6 Å². The van der Waals surface area contributed by atoms with Crippen LogP contribution in [0.2, 0.25) is 0 Å². The number of pyridine rings is 1. The molecule has 0 bridgehead atoms. The first-order valence-electron chi connectivity index (χ1n) is 8.48. The third-order valence-electron chi connectivity index (χ3n) is 4.22. The van der Waals surface area contributed by atoms with E-state index in [1.54, 1.807) is 6.20 Å². The Morgan fingerprint density at radius 2 is 2.04 bits per heavy atom. The highest BCUT2D eigenvalue weighted by atomic mass is 16.5. The molecule has 130 valence electrons. The highest BCUT2D eigenvalue weighted by Crippen LogP contribution is 2.31. The number of hydrogen-bond donors (Lipinski definition) is 2. The van der Waals surface area contributed by atoms with E-state index < -0.39 is 0 Å². The lowest BCUT2D eigenvalue weighted by atomic mass is 10.2. The molecule has 3 aromatic heterocycles. The summed E-state index contributed by atoms with van der Waals surface area (Å²) in [5.74, 6) is 1.84. The number of ether oxygens (including phenoxy) is 1. The summed E-state index contributed by atoms with van der Waals surface area (Å²) in [6.45, 7) is 0. The van der Waals surface area contributed by atoms with Gasteiger partial charge in [-0.2, -0.15) is 10.4 Å². The number of hydrogen-bond acceptors (Lipinski definition) is 7. The summed E-state index contributed by atoms with van der Waals surface area (Å²) in [5, 5.41) is 19.0. The number of rotatable bonds is 5. The summed E-state index contributed by atoms with van der Waals surface area (Å²) in [5.41, 5.74) is 1.74. The molecule has 0 aromatic carbocycles. The van der Waals surface area contributed by atoms with Gasteiger partial charge in [-0.1, -0.05) is 0 Å². The van der Waals surface area contributed by atoms with E-state index in [9.17, 15) is 0 Å². The van der Waals surface area contributed by atoms with E-state index in [-0.39, 0.29) is 11.8 Å². The summed E-state index contributed by atoms with van der Waals surface area (Å²) >= 11 is 0. The van der Waals surface area contributed by atoms with E-state index in [2.05, 4.69) is 30.5 Å². The number of aromatic amines is 1. The van der Waals surface area contributed by atoms with Crippen molar-refractivity contribution < 1.29 is 4.74 Å². The third kappa shape index (κ3) is 3.47. The molecule has 2 N–H and O–H groups in total. The molecule has 0 spiro atoms. The van der Waals surface area contributed by atoms with Gasteiger partial charge in [0.15, 0.2) is 11.5 Å². The van der Waals surface area contributed by atoms with Gasteiger partial charge in [0.05, 0.1) is 24.2 Å². The summed E-state index contributed by atoms with van der Waals surface area (Å²) < 4.78 is 6.13. The topological polar surface area (TPSA) is 112 Å². The van der Waals surface area contributed by atoms with Crippen molar-refractivity contribution in [1.82, 2.24) is 25.1 Å². The van der Waals surface area contributed by atoms with Crippen LogP contribution in [0.15, 0.2) is 36.8 Å².